The molecule has 5 nitrogen and oxygen atoms in total. The first-order valence-electron chi connectivity index (χ1n) is 7.70. The number of hydrogen-bond donors (Lipinski definition) is 1. The molecule has 21 heavy (non-hydrogen) atoms. The van der Waals surface area contributed by atoms with Crippen molar-refractivity contribution in [1.29, 1.82) is 0 Å². The van der Waals surface area contributed by atoms with Crippen LogP contribution >= 0.6 is 0 Å². The van der Waals surface area contributed by atoms with Gasteiger partial charge in [-0.3, -0.25) is 4.79 Å². The molecule has 1 unspecified atom stereocenters. The number of likely N-dealkylation sites (tertiary alicyclic amines) is 1. The van der Waals surface area contributed by atoms with Crippen LogP contribution in [0.4, 0.5) is 4.79 Å². The maximum atomic E-state index is 13.0. The van der Waals surface area contributed by atoms with Gasteiger partial charge in [-0.05, 0) is 31.1 Å². The van der Waals surface area contributed by atoms with E-state index in [4.69, 9.17) is 0 Å². The van der Waals surface area contributed by atoms with E-state index in [1.165, 1.54) is 7.11 Å². The Kier molecular flexibility index (Phi) is 5.29. The largest absolute Gasteiger partial charge is 0.453 e. The van der Waals surface area contributed by atoms with E-state index in [-0.39, 0.29) is 22.8 Å². The lowest BCUT2D eigenvalue weighted by atomic mass is 9.73. The van der Waals surface area contributed by atoms with Crippen molar-refractivity contribution in [2.45, 2.75) is 66.0 Å². The highest BCUT2D eigenvalue weighted by molar-refractivity contribution is 5.86. The highest BCUT2D eigenvalue weighted by atomic mass is 16.5. The van der Waals surface area contributed by atoms with Crippen LogP contribution in [-0.4, -0.2) is 42.1 Å². The van der Waals surface area contributed by atoms with Gasteiger partial charge in [0.15, 0.2) is 0 Å². The summed E-state index contributed by atoms with van der Waals surface area (Å²) in [5.41, 5.74) is -0.193. The zero-order valence-corrected chi connectivity index (χ0v) is 14.4. The number of nitrogens with zero attached hydrogens (tertiary/aromatic N) is 1. The zero-order valence-electron chi connectivity index (χ0n) is 14.4. The van der Waals surface area contributed by atoms with Gasteiger partial charge in [-0.1, -0.05) is 34.6 Å². The topological polar surface area (TPSA) is 58.6 Å². The molecule has 1 aliphatic heterocycles. The second-order valence-electron chi connectivity index (χ2n) is 7.47. The third-order valence-electron chi connectivity index (χ3n) is 4.91. The first-order valence-corrected chi connectivity index (χ1v) is 7.70. The number of carbonyl (C=O) groups excluding carboxylic acids is 2. The molecule has 122 valence electrons. The maximum Gasteiger partial charge on any atom is 0.407 e. The Labute approximate surface area is 128 Å². The Morgan fingerprint density at radius 3 is 2.29 bits per heavy atom. The van der Waals surface area contributed by atoms with Crippen LogP contribution in [0.5, 0.6) is 0 Å². The molecule has 2 atom stereocenters. The van der Waals surface area contributed by atoms with Gasteiger partial charge in [0, 0.05) is 12.1 Å². The number of ether oxygens (including phenoxy) is 1. The first kappa shape index (κ1) is 17.8. The zero-order chi connectivity index (χ0) is 16.4. The summed E-state index contributed by atoms with van der Waals surface area (Å²) in [5, 5.41) is 2.68. The van der Waals surface area contributed by atoms with Gasteiger partial charge in [-0.2, -0.15) is 0 Å². The van der Waals surface area contributed by atoms with Crippen LogP contribution in [0.25, 0.3) is 0 Å². The number of rotatable bonds is 3. The minimum atomic E-state index is -0.557. The Morgan fingerprint density at radius 1 is 1.29 bits per heavy atom. The Morgan fingerprint density at radius 2 is 1.86 bits per heavy atom. The summed E-state index contributed by atoms with van der Waals surface area (Å²) in [7, 11) is 1.31. The fourth-order valence-electron chi connectivity index (χ4n) is 2.96. The van der Waals surface area contributed by atoms with E-state index < -0.39 is 12.1 Å². The number of carbonyl (C=O) groups is 2. The summed E-state index contributed by atoms with van der Waals surface area (Å²) in [6.07, 6.45) is 1.44. The van der Waals surface area contributed by atoms with Gasteiger partial charge >= 0.3 is 6.09 Å². The minimum absolute atomic E-state index is 0.00798. The molecule has 1 saturated heterocycles. The molecule has 0 saturated carbocycles. The van der Waals surface area contributed by atoms with Crippen LogP contribution in [-0.2, 0) is 9.53 Å². The van der Waals surface area contributed by atoms with Crippen LogP contribution in [0.2, 0.25) is 0 Å². The van der Waals surface area contributed by atoms with E-state index in [2.05, 4.69) is 37.7 Å². The third-order valence-corrected chi connectivity index (χ3v) is 4.91. The summed E-state index contributed by atoms with van der Waals surface area (Å²) in [4.78, 5) is 26.4. The quantitative estimate of drug-likeness (QED) is 0.871. The summed E-state index contributed by atoms with van der Waals surface area (Å²) < 4.78 is 4.64. The van der Waals surface area contributed by atoms with E-state index in [0.29, 0.717) is 0 Å². The molecule has 5 heteroatoms. The van der Waals surface area contributed by atoms with E-state index in [1.54, 1.807) is 0 Å². The SMILES string of the molecule is COC(=O)NC(C(=O)N1CCC[C@@]1(C)C(C)(C)C)C(C)C. The number of alkyl carbamates (subject to hydrolysis) is 1. The molecule has 0 spiro atoms. The molecule has 0 bridgehead atoms. The molecule has 0 radical (unpaired) electrons. The molecule has 2 amide bonds. The summed E-state index contributed by atoms with van der Waals surface area (Å²) in [5.74, 6) is 0.00624. The molecular weight excluding hydrogens is 268 g/mol. The van der Waals surface area contributed by atoms with Gasteiger partial charge in [-0.25, -0.2) is 4.79 Å². The van der Waals surface area contributed by atoms with Crippen molar-refractivity contribution < 1.29 is 14.3 Å². The molecule has 0 aromatic carbocycles. The van der Waals surface area contributed by atoms with Gasteiger partial charge in [0.25, 0.3) is 0 Å². The highest BCUT2D eigenvalue weighted by Crippen LogP contribution is 2.43. The molecule has 1 rings (SSSR count). The van der Waals surface area contributed by atoms with Crippen molar-refractivity contribution in [1.82, 2.24) is 10.2 Å². The van der Waals surface area contributed by atoms with E-state index >= 15 is 0 Å². The predicted molar refractivity (Wildman–Crippen MR) is 83.0 cm³/mol. The standard InChI is InChI=1S/C16H30N2O3/c1-11(2)12(17-14(20)21-7)13(19)18-10-8-9-16(18,6)15(3,4)5/h11-12H,8-10H2,1-7H3,(H,17,20)/t12?,16-/m0/s1. The molecule has 1 heterocycles. The first-order chi connectivity index (χ1) is 9.54. The minimum Gasteiger partial charge on any atom is -0.453 e. The maximum absolute atomic E-state index is 13.0. The van der Waals surface area contributed by atoms with Crippen molar-refractivity contribution in [3.8, 4) is 0 Å². The fourth-order valence-corrected chi connectivity index (χ4v) is 2.96. The van der Waals surface area contributed by atoms with Crippen LogP contribution in [0.15, 0.2) is 0 Å². The molecule has 1 fully saturated rings. The summed E-state index contributed by atoms with van der Waals surface area (Å²) >= 11 is 0. The van der Waals surface area contributed by atoms with Gasteiger partial charge in [0.2, 0.25) is 5.91 Å². The number of methoxy groups -OCH3 is 1. The van der Waals surface area contributed by atoms with Gasteiger partial charge < -0.3 is 15.0 Å². The van der Waals surface area contributed by atoms with Crippen molar-refractivity contribution in [2.24, 2.45) is 11.3 Å². The predicted octanol–water partition coefficient (Wildman–Crippen LogP) is 2.79. The van der Waals surface area contributed by atoms with Crippen molar-refractivity contribution in [2.75, 3.05) is 13.7 Å². The van der Waals surface area contributed by atoms with Crippen molar-refractivity contribution in [3.05, 3.63) is 0 Å². The van der Waals surface area contributed by atoms with Crippen LogP contribution in [0, 0.1) is 11.3 Å². The average Bonchev–Trinajstić information content (AvgIpc) is 2.77. The second kappa shape index (κ2) is 6.24. The van der Waals surface area contributed by atoms with Crippen molar-refractivity contribution in [3.63, 3.8) is 0 Å². The highest BCUT2D eigenvalue weighted by Gasteiger charge is 2.49. The van der Waals surface area contributed by atoms with Crippen LogP contribution < -0.4 is 5.32 Å². The summed E-state index contributed by atoms with van der Waals surface area (Å²) in [6, 6.07) is -0.544. The van der Waals surface area contributed by atoms with Gasteiger partial charge in [-0.15, -0.1) is 0 Å². The molecule has 0 aromatic rings. The number of amides is 2. The Balaban J connectivity index is 3.00. The lowest BCUT2D eigenvalue weighted by molar-refractivity contribution is -0.142. The normalized spacial score (nSPS) is 24.1. The molecule has 0 aliphatic carbocycles. The number of nitrogens with one attached hydrogen (secondary N) is 1. The fraction of sp³-hybridized carbons (Fsp3) is 0.875. The lowest BCUT2D eigenvalue weighted by Crippen LogP contribution is -2.59. The van der Waals surface area contributed by atoms with Crippen LogP contribution in [0.1, 0.15) is 54.4 Å². The smallest absolute Gasteiger partial charge is 0.407 e. The van der Waals surface area contributed by atoms with Crippen molar-refractivity contribution >= 4 is 12.0 Å². The van der Waals surface area contributed by atoms with Gasteiger partial charge in [0.05, 0.1) is 7.11 Å². The van der Waals surface area contributed by atoms with E-state index in [9.17, 15) is 9.59 Å². The molecule has 0 aromatic heterocycles. The number of hydrogen-bond acceptors (Lipinski definition) is 3. The van der Waals surface area contributed by atoms with E-state index in [1.807, 2.05) is 18.7 Å². The monoisotopic (exact) mass is 298 g/mol. The Hall–Kier alpha value is -1.26. The van der Waals surface area contributed by atoms with Crippen LogP contribution in [0.3, 0.4) is 0 Å². The Bertz CT molecular complexity index is 401. The molecular formula is C16H30N2O3. The second-order valence-corrected chi connectivity index (χ2v) is 7.47. The van der Waals surface area contributed by atoms with E-state index in [0.717, 1.165) is 19.4 Å². The molecule has 1 N–H and O–H groups in total. The molecule has 1 aliphatic rings. The lowest BCUT2D eigenvalue weighted by Gasteiger charge is -2.47. The third kappa shape index (κ3) is 3.50. The summed E-state index contributed by atoms with van der Waals surface area (Å²) in [6.45, 7) is 13.3. The average molecular weight is 298 g/mol. The van der Waals surface area contributed by atoms with Gasteiger partial charge in [0.1, 0.15) is 6.04 Å².